The van der Waals surface area contributed by atoms with E-state index in [-0.39, 0.29) is 11.8 Å². The van der Waals surface area contributed by atoms with Crippen LogP contribution in [0.15, 0.2) is 5.03 Å². The number of amides is 1. The van der Waals surface area contributed by atoms with Crippen LogP contribution in [0.3, 0.4) is 0 Å². The Bertz CT molecular complexity index is 414. The van der Waals surface area contributed by atoms with Crippen LogP contribution in [0.4, 0.5) is 5.69 Å². The summed E-state index contributed by atoms with van der Waals surface area (Å²) in [6.07, 6.45) is 1.96. The van der Waals surface area contributed by atoms with Crippen molar-refractivity contribution < 1.29 is 4.79 Å². The summed E-state index contributed by atoms with van der Waals surface area (Å²) in [5.74, 6) is 0.993. The van der Waals surface area contributed by atoms with Crippen molar-refractivity contribution in [2.24, 2.45) is 13.0 Å². The van der Waals surface area contributed by atoms with Gasteiger partial charge in [-0.2, -0.15) is 5.10 Å². The molecule has 0 bridgehead atoms. The third-order valence-electron chi connectivity index (χ3n) is 2.72. The van der Waals surface area contributed by atoms with Crippen LogP contribution in [0, 0.1) is 5.92 Å². The Kier molecular flexibility index (Phi) is 3.23. The molecule has 0 saturated heterocycles. The van der Waals surface area contributed by atoms with Crippen LogP contribution in [0.2, 0.25) is 0 Å². The van der Waals surface area contributed by atoms with Crippen LogP contribution in [0.1, 0.15) is 26.0 Å². The molecule has 1 amide bonds. The van der Waals surface area contributed by atoms with E-state index in [2.05, 4.69) is 17.3 Å². The molecule has 0 saturated carbocycles. The summed E-state index contributed by atoms with van der Waals surface area (Å²) in [5, 5.41) is 8.55. The first-order chi connectivity index (χ1) is 7.63. The Morgan fingerprint density at radius 2 is 2.38 bits per heavy atom. The molecule has 1 atom stereocenters. The standard InChI is InChI=1S/C11H17N3OS/c1-4-5-8-9-11(14(3)13-8)16-6-7(2)10(15)12-9/h7H,4-6H2,1-3H3,(H,12,15). The molecule has 5 heteroatoms. The summed E-state index contributed by atoms with van der Waals surface area (Å²) in [6.45, 7) is 4.08. The fraction of sp³-hybridized carbons (Fsp3) is 0.636. The lowest BCUT2D eigenvalue weighted by Gasteiger charge is -2.06. The van der Waals surface area contributed by atoms with Crippen LogP contribution in [0.25, 0.3) is 0 Å². The number of carbonyl (C=O) groups excluding carboxylic acids is 1. The highest BCUT2D eigenvalue weighted by molar-refractivity contribution is 7.99. The molecule has 1 unspecified atom stereocenters. The molecule has 2 heterocycles. The molecule has 1 aromatic heterocycles. The Morgan fingerprint density at radius 1 is 1.62 bits per heavy atom. The van der Waals surface area contributed by atoms with Crippen LogP contribution in [0.5, 0.6) is 0 Å². The van der Waals surface area contributed by atoms with E-state index in [4.69, 9.17) is 0 Å². The van der Waals surface area contributed by atoms with E-state index in [1.165, 1.54) is 0 Å². The maximum Gasteiger partial charge on any atom is 0.228 e. The number of hydrogen-bond acceptors (Lipinski definition) is 3. The van der Waals surface area contributed by atoms with Crippen molar-refractivity contribution in [1.29, 1.82) is 0 Å². The van der Waals surface area contributed by atoms with Crippen molar-refractivity contribution in [3.8, 4) is 0 Å². The quantitative estimate of drug-likeness (QED) is 0.859. The van der Waals surface area contributed by atoms with Gasteiger partial charge in [0.2, 0.25) is 5.91 Å². The topological polar surface area (TPSA) is 46.9 Å². The maximum absolute atomic E-state index is 11.8. The molecule has 1 N–H and O–H groups in total. The van der Waals surface area contributed by atoms with Gasteiger partial charge in [-0.1, -0.05) is 20.3 Å². The number of fused-ring (bicyclic) bond motifs is 1. The van der Waals surface area contributed by atoms with Gasteiger partial charge in [0.1, 0.15) is 5.03 Å². The second kappa shape index (κ2) is 4.49. The number of thioether (sulfide) groups is 1. The Morgan fingerprint density at radius 3 is 3.06 bits per heavy atom. The summed E-state index contributed by atoms with van der Waals surface area (Å²) in [4.78, 5) is 11.8. The first-order valence-electron chi connectivity index (χ1n) is 5.63. The summed E-state index contributed by atoms with van der Waals surface area (Å²) in [5.41, 5.74) is 1.94. The molecule has 88 valence electrons. The third-order valence-corrected chi connectivity index (χ3v) is 4.13. The van der Waals surface area contributed by atoms with Gasteiger partial charge in [-0.05, 0) is 6.42 Å². The molecule has 1 aliphatic heterocycles. The van der Waals surface area contributed by atoms with Crippen molar-refractivity contribution in [2.45, 2.75) is 31.7 Å². The van der Waals surface area contributed by atoms with Gasteiger partial charge in [0.25, 0.3) is 0 Å². The lowest BCUT2D eigenvalue weighted by molar-refractivity contribution is -0.118. The number of carbonyl (C=O) groups is 1. The van der Waals surface area contributed by atoms with Gasteiger partial charge >= 0.3 is 0 Å². The number of rotatable bonds is 2. The predicted octanol–water partition coefficient (Wildman–Crippen LogP) is 2.05. The minimum absolute atomic E-state index is 0.0619. The summed E-state index contributed by atoms with van der Waals surface area (Å²) in [6, 6.07) is 0. The monoisotopic (exact) mass is 239 g/mol. The van der Waals surface area contributed by atoms with Crippen molar-refractivity contribution in [1.82, 2.24) is 9.78 Å². The number of hydrogen-bond donors (Lipinski definition) is 1. The molecule has 4 nitrogen and oxygen atoms in total. The fourth-order valence-corrected chi connectivity index (χ4v) is 2.89. The molecule has 0 radical (unpaired) electrons. The van der Waals surface area contributed by atoms with Crippen LogP contribution >= 0.6 is 11.8 Å². The molecular weight excluding hydrogens is 222 g/mol. The normalized spacial score (nSPS) is 20.2. The van der Waals surface area contributed by atoms with E-state index in [9.17, 15) is 4.79 Å². The van der Waals surface area contributed by atoms with Crippen LogP contribution in [-0.2, 0) is 18.3 Å². The highest BCUT2D eigenvalue weighted by Gasteiger charge is 2.25. The van der Waals surface area contributed by atoms with Crippen molar-refractivity contribution in [2.75, 3.05) is 11.1 Å². The van der Waals surface area contributed by atoms with E-state index in [0.717, 1.165) is 35.0 Å². The second-order valence-corrected chi connectivity index (χ2v) is 5.21. The van der Waals surface area contributed by atoms with Gasteiger partial charge in [0.15, 0.2) is 0 Å². The second-order valence-electron chi connectivity index (χ2n) is 4.20. The lowest BCUT2D eigenvalue weighted by atomic mass is 10.2. The number of nitrogens with zero attached hydrogens (tertiary/aromatic N) is 2. The summed E-state index contributed by atoms with van der Waals surface area (Å²) in [7, 11) is 1.94. The Hall–Kier alpha value is -0.970. The zero-order valence-electron chi connectivity index (χ0n) is 9.91. The van der Waals surface area contributed by atoms with Crippen molar-refractivity contribution in [3.05, 3.63) is 5.69 Å². The van der Waals surface area contributed by atoms with E-state index in [0.29, 0.717) is 0 Å². The van der Waals surface area contributed by atoms with E-state index in [1.807, 2.05) is 18.7 Å². The predicted molar refractivity (Wildman–Crippen MR) is 65.7 cm³/mol. The van der Waals surface area contributed by atoms with E-state index >= 15 is 0 Å². The van der Waals surface area contributed by atoms with Gasteiger partial charge in [0, 0.05) is 18.7 Å². The number of aryl methyl sites for hydroxylation is 2. The molecular formula is C11H17N3OS. The number of aromatic nitrogens is 2. The zero-order chi connectivity index (χ0) is 11.7. The SMILES string of the molecule is CCCc1nn(C)c2c1NC(=O)C(C)CS2. The van der Waals surface area contributed by atoms with E-state index in [1.54, 1.807) is 11.8 Å². The lowest BCUT2D eigenvalue weighted by Crippen LogP contribution is -2.20. The molecule has 0 fully saturated rings. The third kappa shape index (κ3) is 1.96. The van der Waals surface area contributed by atoms with Gasteiger partial charge in [0.05, 0.1) is 11.4 Å². The molecule has 1 aromatic rings. The largest absolute Gasteiger partial charge is 0.322 e. The smallest absolute Gasteiger partial charge is 0.228 e. The van der Waals surface area contributed by atoms with Gasteiger partial charge < -0.3 is 5.32 Å². The van der Waals surface area contributed by atoms with Crippen molar-refractivity contribution >= 4 is 23.4 Å². The first kappa shape index (κ1) is 11.5. The Balaban J connectivity index is 2.38. The average Bonchev–Trinajstić information content (AvgIpc) is 2.42. The highest BCUT2D eigenvalue weighted by Crippen LogP contribution is 2.34. The minimum atomic E-state index is 0.0619. The first-order valence-corrected chi connectivity index (χ1v) is 6.61. The average molecular weight is 239 g/mol. The molecule has 2 rings (SSSR count). The van der Waals surface area contributed by atoms with Crippen LogP contribution < -0.4 is 5.32 Å². The van der Waals surface area contributed by atoms with Gasteiger partial charge in [-0.25, -0.2) is 0 Å². The molecule has 0 aliphatic carbocycles. The number of nitrogens with one attached hydrogen (secondary N) is 1. The minimum Gasteiger partial charge on any atom is -0.322 e. The van der Waals surface area contributed by atoms with Crippen molar-refractivity contribution in [3.63, 3.8) is 0 Å². The number of anilines is 1. The van der Waals surface area contributed by atoms with E-state index < -0.39 is 0 Å². The zero-order valence-corrected chi connectivity index (χ0v) is 10.7. The highest BCUT2D eigenvalue weighted by atomic mass is 32.2. The van der Waals surface area contributed by atoms with Gasteiger partial charge in [-0.3, -0.25) is 9.48 Å². The summed E-state index contributed by atoms with van der Waals surface area (Å²) >= 11 is 1.71. The van der Waals surface area contributed by atoms with Crippen LogP contribution in [-0.4, -0.2) is 21.4 Å². The Labute approximate surface area is 99.8 Å². The molecule has 1 aliphatic rings. The summed E-state index contributed by atoms with van der Waals surface area (Å²) < 4.78 is 1.88. The molecule has 0 spiro atoms. The van der Waals surface area contributed by atoms with Gasteiger partial charge in [-0.15, -0.1) is 11.8 Å². The molecule has 0 aromatic carbocycles. The fourth-order valence-electron chi connectivity index (χ4n) is 1.79. The molecule has 16 heavy (non-hydrogen) atoms. The maximum atomic E-state index is 11.8.